The highest BCUT2D eigenvalue weighted by Crippen LogP contribution is 2.15. The monoisotopic (exact) mass is 403 g/mol. The van der Waals surface area contributed by atoms with Crippen LogP contribution in [0, 0.1) is 6.92 Å². The van der Waals surface area contributed by atoms with E-state index < -0.39 is 0 Å². The highest BCUT2D eigenvalue weighted by Gasteiger charge is 2.22. The molecule has 1 aromatic heterocycles. The standard InChI is InChI=1S/C20H30ClN7/c1-4-28-10-6-9-18(28)13-23-20(22-12-16-7-5-8-17(21)11-16)24-14-19-26-25-15(2)27(19)3/h5,7-8,11,18H,4,6,9-10,12-14H2,1-3H3,(H2,22,23,24). The third-order valence-corrected chi connectivity index (χ3v) is 5.55. The summed E-state index contributed by atoms with van der Waals surface area (Å²) in [6.07, 6.45) is 2.49. The van der Waals surface area contributed by atoms with Crippen molar-refractivity contribution in [2.24, 2.45) is 12.0 Å². The van der Waals surface area contributed by atoms with Gasteiger partial charge in [-0.05, 0) is 50.6 Å². The lowest BCUT2D eigenvalue weighted by atomic mass is 10.2. The number of halogens is 1. The zero-order chi connectivity index (χ0) is 19.9. The molecule has 0 saturated carbocycles. The Kier molecular flexibility index (Phi) is 7.28. The second kappa shape index (κ2) is 9.89. The van der Waals surface area contributed by atoms with Gasteiger partial charge in [0.15, 0.2) is 11.8 Å². The Labute approximate surface area is 172 Å². The maximum atomic E-state index is 6.10. The Morgan fingerprint density at radius 2 is 2.18 bits per heavy atom. The van der Waals surface area contributed by atoms with Crippen molar-refractivity contribution in [3.8, 4) is 0 Å². The summed E-state index contributed by atoms with van der Waals surface area (Å²) >= 11 is 6.10. The van der Waals surface area contributed by atoms with Crippen molar-refractivity contribution in [3.05, 3.63) is 46.5 Å². The molecular weight excluding hydrogens is 374 g/mol. The van der Waals surface area contributed by atoms with Crippen molar-refractivity contribution in [3.63, 3.8) is 0 Å². The van der Waals surface area contributed by atoms with E-state index in [4.69, 9.17) is 16.6 Å². The minimum absolute atomic E-state index is 0.556. The van der Waals surface area contributed by atoms with Crippen LogP contribution in [0.2, 0.25) is 5.02 Å². The molecule has 1 aromatic carbocycles. The molecule has 152 valence electrons. The highest BCUT2D eigenvalue weighted by atomic mass is 35.5. The predicted molar refractivity (Wildman–Crippen MR) is 113 cm³/mol. The van der Waals surface area contributed by atoms with Gasteiger partial charge in [0, 0.05) is 24.7 Å². The molecule has 2 N–H and O–H groups in total. The van der Waals surface area contributed by atoms with Gasteiger partial charge in [-0.25, -0.2) is 4.99 Å². The van der Waals surface area contributed by atoms with Crippen LogP contribution in [0.25, 0.3) is 0 Å². The minimum atomic E-state index is 0.556. The van der Waals surface area contributed by atoms with E-state index in [-0.39, 0.29) is 0 Å². The summed E-state index contributed by atoms with van der Waals surface area (Å²) in [6.45, 7) is 8.46. The van der Waals surface area contributed by atoms with E-state index in [9.17, 15) is 0 Å². The van der Waals surface area contributed by atoms with Crippen molar-refractivity contribution in [1.29, 1.82) is 0 Å². The van der Waals surface area contributed by atoms with Gasteiger partial charge in [0.1, 0.15) is 5.82 Å². The van der Waals surface area contributed by atoms with Crippen molar-refractivity contribution >= 4 is 17.6 Å². The fraction of sp³-hybridized carbons (Fsp3) is 0.550. The first-order chi connectivity index (χ1) is 13.6. The molecule has 1 aliphatic heterocycles. The molecule has 2 heterocycles. The number of likely N-dealkylation sites (tertiary alicyclic amines) is 1. The van der Waals surface area contributed by atoms with Crippen molar-refractivity contribution in [2.45, 2.75) is 45.8 Å². The Balaban J connectivity index is 1.65. The van der Waals surface area contributed by atoms with Crippen LogP contribution >= 0.6 is 11.6 Å². The number of hydrogen-bond donors (Lipinski definition) is 2. The number of hydrogen-bond acceptors (Lipinski definition) is 4. The van der Waals surface area contributed by atoms with Crippen LogP contribution in [0.1, 0.15) is 37.0 Å². The van der Waals surface area contributed by atoms with Gasteiger partial charge in [-0.3, -0.25) is 4.90 Å². The van der Waals surface area contributed by atoms with E-state index in [1.807, 2.05) is 42.8 Å². The molecule has 1 aliphatic rings. The lowest BCUT2D eigenvalue weighted by Gasteiger charge is -2.24. The highest BCUT2D eigenvalue weighted by molar-refractivity contribution is 6.30. The van der Waals surface area contributed by atoms with E-state index in [0.717, 1.165) is 41.3 Å². The fourth-order valence-corrected chi connectivity index (χ4v) is 3.72. The quantitative estimate of drug-likeness (QED) is 0.549. The summed E-state index contributed by atoms with van der Waals surface area (Å²) in [7, 11) is 1.97. The Morgan fingerprint density at radius 3 is 2.89 bits per heavy atom. The normalized spacial score (nSPS) is 17.9. The fourth-order valence-electron chi connectivity index (χ4n) is 3.50. The van der Waals surface area contributed by atoms with Gasteiger partial charge in [0.25, 0.3) is 0 Å². The molecule has 0 radical (unpaired) electrons. The topological polar surface area (TPSA) is 70.4 Å². The van der Waals surface area contributed by atoms with E-state index >= 15 is 0 Å². The summed E-state index contributed by atoms with van der Waals surface area (Å²) in [4.78, 5) is 7.28. The molecule has 0 aliphatic carbocycles. The Hall–Kier alpha value is -2.12. The molecule has 2 aromatic rings. The molecule has 28 heavy (non-hydrogen) atoms. The van der Waals surface area contributed by atoms with Crippen molar-refractivity contribution < 1.29 is 0 Å². The van der Waals surface area contributed by atoms with Gasteiger partial charge >= 0.3 is 0 Å². The van der Waals surface area contributed by atoms with Crippen LogP contribution in [-0.2, 0) is 20.1 Å². The molecule has 8 heteroatoms. The van der Waals surface area contributed by atoms with Crippen LogP contribution in [-0.4, -0.2) is 51.3 Å². The molecular formula is C20H30ClN7. The number of aliphatic imine (C=N–C) groups is 1. The van der Waals surface area contributed by atoms with Crippen molar-refractivity contribution in [1.82, 2.24) is 30.3 Å². The molecule has 7 nitrogen and oxygen atoms in total. The summed E-state index contributed by atoms with van der Waals surface area (Å²) in [6, 6.07) is 8.37. The molecule has 0 bridgehead atoms. The first-order valence-corrected chi connectivity index (χ1v) is 10.3. The summed E-state index contributed by atoms with van der Waals surface area (Å²) < 4.78 is 1.98. The number of likely N-dealkylation sites (N-methyl/N-ethyl adjacent to an activating group) is 1. The SMILES string of the molecule is CCN1CCCC1CNC(=NCc1cccc(Cl)c1)NCc1nnc(C)n1C. The summed E-state index contributed by atoms with van der Waals surface area (Å²) in [5.74, 6) is 2.56. The number of aromatic nitrogens is 3. The number of benzene rings is 1. The van der Waals surface area contributed by atoms with Crippen molar-refractivity contribution in [2.75, 3.05) is 19.6 Å². The number of nitrogens with one attached hydrogen (secondary N) is 2. The molecule has 3 rings (SSSR count). The van der Waals surface area contributed by atoms with E-state index in [0.29, 0.717) is 19.1 Å². The van der Waals surface area contributed by atoms with Gasteiger partial charge in [0.05, 0.1) is 13.1 Å². The average molecular weight is 404 g/mol. The zero-order valence-corrected chi connectivity index (χ0v) is 17.7. The smallest absolute Gasteiger partial charge is 0.192 e. The predicted octanol–water partition coefficient (Wildman–Crippen LogP) is 2.50. The van der Waals surface area contributed by atoms with Gasteiger partial charge in [0.2, 0.25) is 0 Å². The van der Waals surface area contributed by atoms with Crippen LogP contribution in [0.3, 0.4) is 0 Å². The minimum Gasteiger partial charge on any atom is -0.355 e. The van der Waals surface area contributed by atoms with Crippen LogP contribution in [0.5, 0.6) is 0 Å². The first-order valence-electron chi connectivity index (χ1n) is 9.92. The number of guanidine groups is 1. The van der Waals surface area contributed by atoms with Gasteiger partial charge in [-0.2, -0.15) is 0 Å². The van der Waals surface area contributed by atoms with E-state index in [1.54, 1.807) is 0 Å². The summed E-state index contributed by atoms with van der Waals surface area (Å²) in [5, 5.41) is 16.0. The lowest BCUT2D eigenvalue weighted by Crippen LogP contribution is -2.44. The second-order valence-corrected chi connectivity index (χ2v) is 7.61. The zero-order valence-electron chi connectivity index (χ0n) is 17.0. The molecule has 0 amide bonds. The van der Waals surface area contributed by atoms with E-state index in [2.05, 4.69) is 32.7 Å². The molecule has 1 unspecified atom stereocenters. The largest absolute Gasteiger partial charge is 0.355 e. The maximum absolute atomic E-state index is 6.10. The third-order valence-electron chi connectivity index (χ3n) is 5.32. The van der Waals surface area contributed by atoms with Gasteiger partial charge < -0.3 is 15.2 Å². The lowest BCUT2D eigenvalue weighted by molar-refractivity contribution is 0.267. The average Bonchev–Trinajstić information content (AvgIpc) is 3.28. The van der Waals surface area contributed by atoms with Crippen LogP contribution < -0.4 is 10.6 Å². The Morgan fingerprint density at radius 1 is 1.32 bits per heavy atom. The number of nitrogens with zero attached hydrogens (tertiary/aromatic N) is 5. The molecule has 1 fully saturated rings. The summed E-state index contributed by atoms with van der Waals surface area (Å²) in [5.41, 5.74) is 1.08. The first kappa shape index (κ1) is 20.6. The number of aryl methyl sites for hydroxylation is 1. The van der Waals surface area contributed by atoms with Crippen LogP contribution in [0.4, 0.5) is 0 Å². The van der Waals surface area contributed by atoms with Crippen LogP contribution in [0.15, 0.2) is 29.3 Å². The maximum Gasteiger partial charge on any atom is 0.192 e. The Bertz CT molecular complexity index is 802. The van der Waals surface area contributed by atoms with E-state index in [1.165, 1.54) is 19.4 Å². The molecule has 0 spiro atoms. The second-order valence-electron chi connectivity index (χ2n) is 7.18. The third kappa shape index (κ3) is 5.45. The molecule has 1 saturated heterocycles. The molecule has 1 atom stereocenters. The van der Waals surface area contributed by atoms with Gasteiger partial charge in [-0.15, -0.1) is 10.2 Å². The number of rotatable bonds is 7. The van der Waals surface area contributed by atoms with Gasteiger partial charge in [-0.1, -0.05) is 30.7 Å².